The van der Waals surface area contributed by atoms with E-state index in [0.717, 1.165) is 9.87 Å². The molecule has 3 rings (SSSR count). The van der Waals surface area contributed by atoms with Crippen molar-refractivity contribution in [3.05, 3.63) is 92.4 Å². The van der Waals surface area contributed by atoms with Crippen molar-refractivity contribution in [2.75, 3.05) is 10.8 Å². The van der Waals surface area contributed by atoms with Gasteiger partial charge in [0.05, 0.1) is 20.6 Å². The average Bonchev–Trinajstić information content (AvgIpc) is 2.88. The molecule has 0 radical (unpaired) electrons. The number of amides is 2. The van der Waals surface area contributed by atoms with Gasteiger partial charge >= 0.3 is 0 Å². The van der Waals surface area contributed by atoms with Gasteiger partial charge in [-0.25, -0.2) is 8.42 Å². The van der Waals surface area contributed by atoms with Crippen molar-refractivity contribution >= 4 is 66.7 Å². The first-order valence-electron chi connectivity index (χ1n) is 13.0. The van der Waals surface area contributed by atoms with E-state index in [2.05, 4.69) is 21.2 Å². The van der Waals surface area contributed by atoms with E-state index in [4.69, 9.17) is 23.2 Å². The first kappa shape index (κ1) is 32.9. The van der Waals surface area contributed by atoms with E-state index in [-0.39, 0.29) is 17.3 Å². The number of nitrogens with one attached hydrogen (secondary N) is 1. The van der Waals surface area contributed by atoms with Crippen LogP contribution in [0.1, 0.15) is 45.2 Å². The summed E-state index contributed by atoms with van der Waals surface area (Å²) in [5.74, 6) is -0.897. The van der Waals surface area contributed by atoms with Crippen LogP contribution in [0, 0.1) is 6.92 Å². The Bertz CT molecular complexity index is 1510. The van der Waals surface area contributed by atoms with E-state index < -0.39 is 34.1 Å². The molecule has 0 saturated heterocycles. The molecule has 0 aliphatic rings. The van der Waals surface area contributed by atoms with Gasteiger partial charge in [-0.05, 0) is 82.1 Å². The molecule has 7 nitrogen and oxygen atoms in total. The summed E-state index contributed by atoms with van der Waals surface area (Å²) in [7, 11) is -4.16. The predicted molar refractivity (Wildman–Crippen MR) is 169 cm³/mol. The number of nitrogens with zero attached hydrogens (tertiary/aromatic N) is 2. The van der Waals surface area contributed by atoms with Crippen LogP contribution in [0.25, 0.3) is 0 Å². The van der Waals surface area contributed by atoms with Crippen LogP contribution in [0.2, 0.25) is 10.0 Å². The zero-order chi connectivity index (χ0) is 30.5. The van der Waals surface area contributed by atoms with Crippen molar-refractivity contribution in [2.24, 2.45) is 0 Å². The molecule has 1 atom stereocenters. The van der Waals surface area contributed by atoms with Crippen LogP contribution in [0.3, 0.4) is 0 Å². The van der Waals surface area contributed by atoms with Crippen LogP contribution >= 0.6 is 39.1 Å². The normalized spacial score (nSPS) is 12.5. The summed E-state index contributed by atoms with van der Waals surface area (Å²) < 4.78 is 29.6. The number of rotatable bonds is 10. The fraction of sp³-hybridized carbons (Fsp3) is 0.333. The highest BCUT2D eigenvalue weighted by Crippen LogP contribution is 2.28. The molecule has 41 heavy (non-hydrogen) atoms. The van der Waals surface area contributed by atoms with Gasteiger partial charge in [0, 0.05) is 16.6 Å². The van der Waals surface area contributed by atoms with Gasteiger partial charge in [-0.3, -0.25) is 13.9 Å². The lowest BCUT2D eigenvalue weighted by molar-refractivity contribution is -0.141. The molecule has 0 fully saturated rings. The van der Waals surface area contributed by atoms with Crippen molar-refractivity contribution in [1.29, 1.82) is 0 Å². The Hall–Kier alpha value is -2.59. The number of hydrogen-bond donors (Lipinski definition) is 1. The second-order valence-corrected chi connectivity index (χ2v) is 14.3. The second-order valence-electron chi connectivity index (χ2n) is 10.7. The van der Waals surface area contributed by atoms with Gasteiger partial charge in [-0.1, -0.05) is 75.9 Å². The molecule has 3 aromatic carbocycles. The summed E-state index contributed by atoms with van der Waals surface area (Å²) in [4.78, 5) is 29.0. The minimum absolute atomic E-state index is 0.0166. The Kier molecular flexibility index (Phi) is 10.9. The molecule has 0 spiro atoms. The lowest BCUT2D eigenvalue weighted by atomic mass is 10.1. The van der Waals surface area contributed by atoms with Crippen LogP contribution in [0.15, 0.2) is 76.1 Å². The van der Waals surface area contributed by atoms with Gasteiger partial charge in [-0.2, -0.15) is 0 Å². The Labute approximate surface area is 261 Å². The molecule has 1 N–H and O–H groups in total. The lowest BCUT2D eigenvalue weighted by Crippen LogP contribution is -2.55. The fourth-order valence-electron chi connectivity index (χ4n) is 4.20. The Morgan fingerprint density at radius 2 is 1.63 bits per heavy atom. The zero-order valence-corrected chi connectivity index (χ0v) is 27.5. The van der Waals surface area contributed by atoms with Crippen LogP contribution < -0.4 is 9.62 Å². The monoisotopic (exact) mass is 681 g/mol. The standard InChI is InChI=1S/C30H34BrCl2N3O4S/c1-6-27(29(38)34-30(3,4)5)35(18-21-12-15-25(32)26(33)16-21)28(37)19-36(23-9-7-8-22(31)17-23)41(39,40)24-13-10-20(2)11-14-24/h7-17,27H,6,18-19H2,1-5H3,(H,34,38)/t27-/m0/s1. The van der Waals surface area contributed by atoms with Crippen molar-refractivity contribution in [2.45, 2.75) is 64.1 Å². The van der Waals surface area contributed by atoms with E-state index >= 15 is 0 Å². The molecular formula is C30H34BrCl2N3O4S. The number of carbonyl (C=O) groups is 2. The Morgan fingerprint density at radius 1 is 0.976 bits per heavy atom. The van der Waals surface area contributed by atoms with Crippen molar-refractivity contribution < 1.29 is 18.0 Å². The second kappa shape index (κ2) is 13.6. The molecule has 11 heteroatoms. The smallest absolute Gasteiger partial charge is 0.264 e. The average molecular weight is 683 g/mol. The Balaban J connectivity index is 2.09. The van der Waals surface area contributed by atoms with E-state index in [1.807, 2.05) is 27.7 Å². The van der Waals surface area contributed by atoms with Gasteiger partial charge in [0.25, 0.3) is 10.0 Å². The summed E-state index contributed by atoms with van der Waals surface area (Å²) in [5.41, 5.74) is 1.30. The van der Waals surface area contributed by atoms with Gasteiger partial charge in [0.1, 0.15) is 12.6 Å². The third-order valence-corrected chi connectivity index (χ3v) is 9.23. The lowest BCUT2D eigenvalue weighted by Gasteiger charge is -2.35. The SMILES string of the molecule is CC[C@@H](C(=O)NC(C)(C)C)N(Cc1ccc(Cl)c(Cl)c1)C(=O)CN(c1cccc(Br)c1)S(=O)(=O)c1ccc(C)cc1. The number of halogens is 3. The van der Waals surface area contributed by atoms with Crippen molar-refractivity contribution in [3.63, 3.8) is 0 Å². The quantitative estimate of drug-likeness (QED) is 0.250. The molecular weight excluding hydrogens is 649 g/mol. The third kappa shape index (κ3) is 8.70. The molecule has 3 aromatic rings. The number of hydrogen-bond acceptors (Lipinski definition) is 4. The van der Waals surface area contributed by atoms with Crippen molar-refractivity contribution in [3.8, 4) is 0 Å². The van der Waals surface area contributed by atoms with Crippen LogP contribution in [-0.4, -0.2) is 43.3 Å². The Morgan fingerprint density at radius 3 is 2.20 bits per heavy atom. The largest absolute Gasteiger partial charge is 0.350 e. The summed E-state index contributed by atoms with van der Waals surface area (Å²) >= 11 is 15.8. The van der Waals surface area contributed by atoms with Crippen molar-refractivity contribution in [1.82, 2.24) is 10.2 Å². The molecule has 0 heterocycles. The number of carbonyl (C=O) groups excluding carboxylic acids is 2. The molecule has 0 bridgehead atoms. The molecule has 0 saturated carbocycles. The highest BCUT2D eigenvalue weighted by molar-refractivity contribution is 9.10. The molecule has 0 unspecified atom stereocenters. The van der Waals surface area contributed by atoms with Gasteiger partial charge in [0.2, 0.25) is 11.8 Å². The van der Waals surface area contributed by atoms with Gasteiger partial charge < -0.3 is 10.2 Å². The highest BCUT2D eigenvalue weighted by Gasteiger charge is 2.34. The van der Waals surface area contributed by atoms with Gasteiger partial charge in [0.15, 0.2) is 0 Å². The molecule has 0 aromatic heterocycles. The maximum atomic E-state index is 14.1. The van der Waals surface area contributed by atoms with E-state index in [1.165, 1.54) is 17.0 Å². The number of benzene rings is 3. The molecule has 0 aliphatic heterocycles. The molecule has 220 valence electrons. The number of aryl methyl sites for hydroxylation is 1. The third-order valence-electron chi connectivity index (χ3n) is 6.21. The number of anilines is 1. The predicted octanol–water partition coefficient (Wildman–Crippen LogP) is 6.98. The van der Waals surface area contributed by atoms with E-state index in [9.17, 15) is 18.0 Å². The maximum absolute atomic E-state index is 14.1. The minimum Gasteiger partial charge on any atom is -0.350 e. The fourth-order valence-corrected chi connectivity index (χ4v) is 6.32. The highest BCUT2D eigenvalue weighted by atomic mass is 79.9. The number of sulfonamides is 1. The van der Waals surface area contributed by atoms with Crippen LogP contribution in [-0.2, 0) is 26.2 Å². The van der Waals surface area contributed by atoms with Gasteiger partial charge in [-0.15, -0.1) is 0 Å². The van der Waals surface area contributed by atoms with Crippen LogP contribution in [0.4, 0.5) is 5.69 Å². The summed E-state index contributed by atoms with van der Waals surface area (Å²) in [5, 5.41) is 3.61. The summed E-state index contributed by atoms with van der Waals surface area (Å²) in [6.07, 6.45) is 0.302. The first-order chi connectivity index (χ1) is 19.1. The van der Waals surface area contributed by atoms with E-state index in [1.54, 1.807) is 61.5 Å². The maximum Gasteiger partial charge on any atom is 0.264 e. The first-order valence-corrected chi connectivity index (χ1v) is 16.0. The minimum atomic E-state index is -4.16. The zero-order valence-electron chi connectivity index (χ0n) is 23.6. The summed E-state index contributed by atoms with van der Waals surface area (Å²) in [6.45, 7) is 8.71. The van der Waals surface area contributed by atoms with E-state index in [0.29, 0.717) is 32.2 Å². The molecule has 2 amide bonds. The topological polar surface area (TPSA) is 86.8 Å². The van der Waals surface area contributed by atoms with Crippen LogP contribution in [0.5, 0.6) is 0 Å². The summed E-state index contributed by atoms with van der Waals surface area (Å²) in [6, 6.07) is 17.2. The molecule has 0 aliphatic carbocycles.